The second kappa shape index (κ2) is 11.4. The average Bonchev–Trinajstić information content (AvgIpc) is 2.70. The molecular weight excluding hydrogens is 393 g/mol. The zero-order valence-electron chi connectivity index (χ0n) is 16.5. The van der Waals surface area contributed by atoms with Crippen LogP contribution < -0.4 is 14.8 Å². The highest BCUT2D eigenvalue weighted by Crippen LogP contribution is 2.36. The molecule has 152 valence electrons. The molecule has 0 saturated heterocycles. The van der Waals surface area contributed by atoms with Crippen molar-refractivity contribution in [3.63, 3.8) is 0 Å². The third-order valence-electron chi connectivity index (χ3n) is 4.57. The minimum atomic E-state index is 0. The molecule has 0 aromatic heterocycles. The van der Waals surface area contributed by atoms with Crippen LogP contribution in [-0.2, 0) is 6.42 Å². The molecule has 0 spiro atoms. The van der Waals surface area contributed by atoms with Gasteiger partial charge in [0.1, 0.15) is 0 Å². The van der Waals surface area contributed by atoms with Crippen LogP contribution >= 0.6 is 24.0 Å². The van der Waals surface area contributed by atoms with Gasteiger partial charge in [0.2, 0.25) is 0 Å². The first kappa shape index (κ1) is 22.6. The van der Waals surface area contributed by atoms with E-state index in [1.54, 1.807) is 0 Å². The Morgan fingerprint density at radius 1 is 1.04 bits per heavy atom. The Morgan fingerprint density at radius 3 is 2.32 bits per heavy atom. The standard InChI is InChI=1S/C23H28ClNO2.ClH/c1-3-13-26-22-15-18-11-12-25-21(20(18)16-23(22)27-14-4-2)10-7-17-5-8-19(24)9-6-17;/h5-10,15-16,21,25H,3-4,11-14H2,1-2H3;1H. The molecule has 1 aliphatic rings. The monoisotopic (exact) mass is 421 g/mol. The molecule has 0 aliphatic carbocycles. The van der Waals surface area contributed by atoms with Crippen molar-refractivity contribution in [2.24, 2.45) is 0 Å². The van der Waals surface area contributed by atoms with Crippen LogP contribution in [0.5, 0.6) is 11.5 Å². The zero-order chi connectivity index (χ0) is 19.1. The van der Waals surface area contributed by atoms with Gasteiger partial charge in [-0.1, -0.05) is 49.7 Å². The highest BCUT2D eigenvalue weighted by Gasteiger charge is 2.21. The van der Waals surface area contributed by atoms with Crippen molar-refractivity contribution in [3.05, 3.63) is 64.2 Å². The van der Waals surface area contributed by atoms with Crippen LogP contribution in [-0.4, -0.2) is 19.8 Å². The molecule has 1 unspecified atom stereocenters. The lowest BCUT2D eigenvalue weighted by Crippen LogP contribution is -2.28. The van der Waals surface area contributed by atoms with Crippen molar-refractivity contribution in [1.82, 2.24) is 5.32 Å². The summed E-state index contributed by atoms with van der Waals surface area (Å²) >= 11 is 5.98. The van der Waals surface area contributed by atoms with Crippen LogP contribution in [0.2, 0.25) is 5.02 Å². The van der Waals surface area contributed by atoms with Crippen molar-refractivity contribution >= 4 is 30.1 Å². The van der Waals surface area contributed by atoms with Crippen molar-refractivity contribution in [3.8, 4) is 11.5 Å². The maximum absolute atomic E-state index is 5.98. The topological polar surface area (TPSA) is 30.5 Å². The summed E-state index contributed by atoms with van der Waals surface area (Å²) in [5.74, 6) is 1.71. The van der Waals surface area contributed by atoms with Crippen molar-refractivity contribution < 1.29 is 9.47 Å². The number of nitrogens with one attached hydrogen (secondary N) is 1. The third-order valence-corrected chi connectivity index (χ3v) is 4.83. The number of benzene rings is 2. The maximum atomic E-state index is 5.98. The fourth-order valence-corrected chi connectivity index (χ4v) is 3.32. The van der Waals surface area contributed by atoms with Crippen LogP contribution in [0.4, 0.5) is 0 Å². The molecule has 1 N–H and O–H groups in total. The van der Waals surface area contributed by atoms with E-state index in [0.717, 1.165) is 47.9 Å². The lowest BCUT2D eigenvalue weighted by Gasteiger charge is -2.26. The molecule has 0 amide bonds. The third kappa shape index (κ3) is 5.91. The number of fused-ring (bicyclic) bond motifs is 1. The van der Waals surface area contributed by atoms with Gasteiger partial charge in [0.05, 0.1) is 19.3 Å². The van der Waals surface area contributed by atoms with Gasteiger partial charge in [0.15, 0.2) is 11.5 Å². The molecular formula is C23H29Cl2NO2. The summed E-state index contributed by atoms with van der Waals surface area (Å²) in [6.07, 6.45) is 7.30. The van der Waals surface area contributed by atoms with E-state index in [1.807, 2.05) is 24.3 Å². The van der Waals surface area contributed by atoms with E-state index in [1.165, 1.54) is 11.1 Å². The highest BCUT2D eigenvalue weighted by molar-refractivity contribution is 6.30. The normalized spacial score (nSPS) is 15.8. The van der Waals surface area contributed by atoms with E-state index in [0.29, 0.717) is 13.2 Å². The number of rotatable bonds is 8. The van der Waals surface area contributed by atoms with Crippen molar-refractivity contribution in [2.75, 3.05) is 19.8 Å². The first-order valence-corrected chi connectivity index (χ1v) is 10.2. The SMILES string of the molecule is CCCOc1cc2c(cc1OCCC)C(C=Cc1ccc(Cl)cc1)NCC2.Cl. The maximum Gasteiger partial charge on any atom is 0.161 e. The molecule has 2 aromatic rings. The van der Waals surface area contributed by atoms with E-state index in [-0.39, 0.29) is 18.4 Å². The van der Waals surface area contributed by atoms with Gasteiger partial charge in [-0.3, -0.25) is 0 Å². The smallest absolute Gasteiger partial charge is 0.161 e. The molecule has 0 fully saturated rings. The zero-order valence-corrected chi connectivity index (χ0v) is 18.1. The summed E-state index contributed by atoms with van der Waals surface area (Å²) in [4.78, 5) is 0. The second-order valence-corrected chi connectivity index (χ2v) is 7.22. The number of halogens is 2. The number of ether oxygens (including phenoxy) is 2. The molecule has 1 aliphatic heterocycles. The van der Waals surface area contributed by atoms with Crippen LogP contribution in [0, 0.1) is 0 Å². The van der Waals surface area contributed by atoms with Crippen LogP contribution in [0.3, 0.4) is 0 Å². The molecule has 5 heteroatoms. The van der Waals surface area contributed by atoms with Gasteiger partial charge in [-0.15, -0.1) is 12.4 Å². The molecule has 28 heavy (non-hydrogen) atoms. The van der Waals surface area contributed by atoms with Gasteiger partial charge in [-0.05, 0) is 60.2 Å². The van der Waals surface area contributed by atoms with Crippen molar-refractivity contribution in [1.29, 1.82) is 0 Å². The average molecular weight is 422 g/mol. The lowest BCUT2D eigenvalue weighted by atomic mass is 9.93. The van der Waals surface area contributed by atoms with Gasteiger partial charge >= 0.3 is 0 Å². The van der Waals surface area contributed by atoms with Gasteiger partial charge in [0, 0.05) is 11.6 Å². The molecule has 0 bridgehead atoms. The Morgan fingerprint density at radius 2 is 1.68 bits per heavy atom. The Kier molecular flexibility index (Phi) is 9.17. The summed E-state index contributed by atoms with van der Waals surface area (Å²) in [5.41, 5.74) is 3.73. The lowest BCUT2D eigenvalue weighted by molar-refractivity contribution is 0.267. The molecule has 3 rings (SSSR count). The quantitative estimate of drug-likeness (QED) is 0.546. The fraction of sp³-hybridized carbons (Fsp3) is 0.391. The van der Waals surface area contributed by atoms with E-state index >= 15 is 0 Å². The van der Waals surface area contributed by atoms with Crippen LogP contribution in [0.1, 0.15) is 49.4 Å². The molecule has 3 nitrogen and oxygen atoms in total. The van der Waals surface area contributed by atoms with Gasteiger partial charge < -0.3 is 14.8 Å². The molecule has 0 radical (unpaired) electrons. The van der Waals surface area contributed by atoms with Crippen LogP contribution in [0.15, 0.2) is 42.5 Å². The molecule has 1 atom stereocenters. The number of hydrogen-bond donors (Lipinski definition) is 1. The molecule has 1 heterocycles. The summed E-state index contributed by atoms with van der Waals surface area (Å²) in [5, 5.41) is 4.35. The van der Waals surface area contributed by atoms with Gasteiger partial charge in [-0.2, -0.15) is 0 Å². The predicted molar refractivity (Wildman–Crippen MR) is 120 cm³/mol. The first-order valence-electron chi connectivity index (χ1n) is 9.80. The van der Waals surface area contributed by atoms with Crippen LogP contribution in [0.25, 0.3) is 6.08 Å². The van der Waals surface area contributed by atoms with E-state index < -0.39 is 0 Å². The summed E-state index contributed by atoms with van der Waals surface area (Å²) in [6.45, 7) is 6.58. The fourth-order valence-electron chi connectivity index (χ4n) is 3.20. The summed E-state index contributed by atoms with van der Waals surface area (Å²) in [6, 6.07) is 12.4. The highest BCUT2D eigenvalue weighted by atomic mass is 35.5. The molecule has 2 aromatic carbocycles. The van der Waals surface area contributed by atoms with Crippen molar-refractivity contribution in [2.45, 2.75) is 39.2 Å². The Bertz CT molecular complexity index is 775. The Balaban J connectivity index is 0.00000280. The minimum Gasteiger partial charge on any atom is -0.490 e. The van der Waals surface area contributed by atoms with E-state index in [4.69, 9.17) is 21.1 Å². The summed E-state index contributed by atoms with van der Waals surface area (Å²) in [7, 11) is 0. The van der Waals surface area contributed by atoms with Gasteiger partial charge in [0.25, 0.3) is 0 Å². The first-order chi connectivity index (χ1) is 13.2. The minimum absolute atomic E-state index is 0. The van der Waals surface area contributed by atoms with Gasteiger partial charge in [-0.25, -0.2) is 0 Å². The second-order valence-electron chi connectivity index (χ2n) is 6.79. The Labute approximate surface area is 179 Å². The largest absolute Gasteiger partial charge is 0.490 e. The Hall–Kier alpha value is -1.68. The summed E-state index contributed by atoms with van der Waals surface area (Å²) < 4.78 is 11.9. The molecule has 0 saturated carbocycles. The van der Waals surface area contributed by atoms with E-state index in [9.17, 15) is 0 Å². The van der Waals surface area contributed by atoms with E-state index in [2.05, 4.69) is 43.4 Å². The predicted octanol–water partition coefficient (Wildman–Crippen LogP) is 6.24. The number of hydrogen-bond acceptors (Lipinski definition) is 3.